The van der Waals surface area contributed by atoms with Gasteiger partial charge in [-0.15, -0.1) is 12.4 Å². The predicted molar refractivity (Wildman–Crippen MR) is 107 cm³/mol. The van der Waals surface area contributed by atoms with Gasteiger partial charge >= 0.3 is 0 Å². The van der Waals surface area contributed by atoms with Crippen LogP contribution in [0, 0.1) is 0 Å². The Hall–Kier alpha value is -2.97. The number of aromatic hydroxyl groups is 1. The Labute approximate surface area is 163 Å². The van der Waals surface area contributed by atoms with Gasteiger partial charge in [0.25, 0.3) is 10.0 Å². The second-order valence-corrected chi connectivity index (χ2v) is 7.03. The van der Waals surface area contributed by atoms with Gasteiger partial charge in [-0.25, -0.2) is 13.4 Å². The van der Waals surface area contributed by atoms with Gasteiger partial charge in [-0.05, 0) is 60.7 Å². The first kappa shape index (κ1) is 20.3. The van der Waals surface area contributed by atoms with Crippen molar-refractivity contribution in [2.75, 3.05) is 17.1 Å². The van der Waals surface area contributed by atoms with Gasteiger partial charge < -0.3 is 15.2 Å². The average Bonchev–Trinajstić information content (AvgIpc) is 2.65. The Morgan fingerprint density at radius 2 is 1.67 bits per heavy atom. The number of sulfonamides is 1. The largest absolute Gasteiger partial charge is 0.508 e. The molecule has 3 N–H and O–H groups in total. The molecule has 0 aliphatic rings. The highest BCUT2D eigenvalue weighted by Gasteiger charge is 2.16. The summed E-state index contributed by atoms with van der Waals surface area (Å²) in [5.74, 6) is 1.05. The van der Waals surface area contributed by atoms with Gasteiger partial charge in [-0.1, -0.05) is 0 Å². The molecule has 0 fully saturated rings. The molecule has 1 aromatic heterocycles. The molecule has 2 aromatic carbocycles. The number of hydrogen-bond acceptors (Lipinski definition) is 6. The molecular formula is C18H18ClN3O4S. The lowest BCUT2D eigenvalue weighted by Crippen LogP contribution is -2.14. The van der Waals surface area contributed by atoms with Crippen molar-refractivity contribution >= 4 is 39.6 Å². The smallest absolute Gasteiger partial charge is 0.262 e. The van der Waals surface area contributed by atoms with E-state index in [0.717, 1.165) is 0 Å². The molecule has 27 heavy (non-hydrogen) atoms. The lowest BCUT2D eigenvalue weighted by Gasteiger charge is -2.13. The SMILES string of the molecule is COc1ccc(S(=O)(=O)Nc2cccnc2Nc2ccc(O)cc2)cc1.Cl. The fourth-order valence-electron chi connectivity index (χ4n) is 2.23. The van der Waals surface area contributed by atoms with Crippen LogP contribution in [0.3, 0.4) is 0 Å². The van der Waals surface area contributed by atoms with E-state index in [9.17, 15) is 13.5 Å². The first-order valence-corrected chi connectivity index (χ1v) is 9.14. The maximum Gasteiger partial charge on any atom is 0.262 e. The van der Waals surface area contributed by atoms with Crippen LogP contribution in [0.1, 0.15) is 0 Å². The van der Waals surface area contributed by atoms with E-state index in [-0.39, 0.29) is 23.1 Å². The van der Waals surface area contributed by atoms with Crippen molar-refractivity contribution in [1.82, 2.24) is 4.98 Å². The van der Waals surface area contributed by atoms with Crippen LogP contribution in [0.4, 0.5) is 17.2 Å². The van der Waals surface area contributed by atoms with Gasteiger partial charge in [0.1, 0.15) is 11.5 Å². The van der Waals surface area contributed by atoms with E-state index in [1.807, 2.05) is 0 Å². The zero-order valence-electron chi connectivity index (χ0n) is 14.3. The molecule has 0 unspecified atom stereocenters. The standard InChI is InChI=1S/C18H17N3O4S.ClH/c1-25-15-8-10-16(11-9-15)26(23,24)21-17-3-2-12-19-18(17)20-13-4-6-14(22)7-5-13;/h2-12,21-22H,1H3,(H,19,20);1H. The number of rotatable bonds is 6. The number of nitrogens with zero attached hydrogens (tertiary/aromatic N) is 1. The number of halogens is 1. The summed E-state index contributed by atoms with van der Waals surface area (Å²) in [7, 11) is -2.27. The first-order chi connectivity index (χ1) is 12.5. The lowest BCUT2D eigenvalue weighted by molar-refractivity contribution is 0.414. The van der Waals surface area contributed by atoms with Crippen molar-refractivity contribution in [3.05, 3.63) is 66.9 Å². The molecule has 0 saturated heterocycles. The summed E-state index contributed by atoms with van der Waals surface area (Å²) in [4.78, 5) is 4.29. The third-order valence-corrected chi connectivity index (χ3v) is 4.93. The monoisotopic (exact) mass is 407 g/mol. The highest BCUT2D eigenvalue weighted by atomic mass is 35.5. The number of aromatic nitrogens is 1. The first-order valence-electron chi connectivity index (χ1n) is 7.66. The van der Waals surface area contributed by atoms with Crippen LogP contribution in [0.2, 0.25) is 0 Å². The normalized spacial score (nSPS) is 10.6. The number of methoxy groups -OCH3 is 1. The molecule has 9 heteroatoms. The third kappa shape index (κ3) is 5.02. The molecule has 0 spiro atoms. The maximum absolute atomic E-state index is 12.6. The summed E-state index contributed by atoms with van der Waals surface area (Å²) in [5, 5.41) is 12.4. The Morgan fingerprint density at radius 3 is 2.30 bits per heavy atom. The zero-order valence-corrected chi connectivity index (χ0v) is 15.9. The van der Waals surface area contributed by atoms with Gasteiger partial charge in [0.05, 0.1) is 17.7 Å². The van der Waals surface area contributed by atoms with Gasteiger partial charge in [0.2, 0.25) is 0 Å². The molecule has 0 amide bonds. The van der Waals surface area contributed by atoms with Crippen molar-refractivity contribution in [2.45, 2.75) is 4.90 Å². The zero-order chi connectivity index (χ0) is 18.6. The molecule has 0 aliphatic carbocycles. The molecule has 0 saturated carbocycles. The highest BCUT2D eigenvalue weighted by molar-refractivity contribution is 7.92. The molecule has 0 atom stereocenters. The summed E-state index contributed by atoms with van der Waals surface area (Å²) >= 11 is 0. The van der Waals surface area contributed by atoms with Crippen molar-refractivity contribution in [3.63, 3.8) is 0 Å². The Balaban J connectivity index is 0.00000261. The van der Waals surface area contributed by atoms with Gasteiger partial charge in [0, 0.05) is 11.9 Å². The fraction of sp³-hybridized carbons (Fsp3) is 0.0556. The highest BCUT2D eigenvalue weighted by Crippen LogP contribution is 2.26. The van der Waals surface area contributed by atoms with Crippen molar-refractivity contribution < 1.29 is 18.3 Å². The van der Waals surface area contributed by atoms with Crippen LogP contribution in [0.25, 0.3) is 0 Å². The van der Waals surface area contributed by atoms with E-state index in [0.29, 0.717) is 22.9 Å². The van der Waals surface area contributed by atoms with Gasteiger partial charge in [-0.2, -0.15) is 0 Å². The second kappa shape index (κ2) is 8.61. The van der Waals surface area contributed by atoms with E-state index in [1.54, 1.807) is 42.6 Å². The maximum atomic E-state index is 12.6. The molecule has 1 heterocycles. The number of anilines is 3. The number of ether oxygens (including phenoxy) is 1. The van der Waals surface area contributed by atoms with Gasteiger partial charge in [0.15, 0.2) is 5.82 Å². The van der Waals surface area contributed by atoms with Gasteiger partial charge in [-0.3, -0.25) is 4.72 Å². The Morgan fingerprint density at radius 1 is 1.00 bits per heavy atom. The van der Waals surface area contributed by atoms with E-state index in [2.05, 4.69) is 15.0 Å². The molecule has 0 bridgehead atoms. The minimum absolute atomic E-state index is 0. The van der Waals surface area contributed by atoms with Crippen molar-refractivity contribution in [3.8, 4) is 11.5 Å². The van der Waals surface area contributed by atoms with E-state index in [4.69, 9.17) is 4.74 Å². The molecule has 3 rings (SSSR count). The minimum Gasteiger partial charge on any atom is -0.508 e. The van der Waals surface area contributed by atoms with Crippen LogP contribution in [0.15, 0.2) is 71.8 Å². The van der Waals surface area contributed by atoms with Crippen LogP contribution >= 0.6 is 12.4 Å². The number of hydrogen-bond donors (Lipinski definition) is 3. The van der Waals surface area contributed by atoms with Crippen molar-refractivity contribution in [1.29, 1.82) is 0 Å². The van der Waals surface area contributed by atoms with Crippen LogP contribution in [-0.4, -0.2) is 25.6 Å². The van der Waals surface area contributed by atoms with Crippen LogP contribution in [0.5, 0.6) is 11.5 Å². The minimum atomic E-state index is -3.79. The molecule has 142 valence electrons. The van der Waals surface area contributed by atoms with Crippen LogP contribution < -0.4 is 14.8 Å². The van der Waals surface area contributed by atoms with E-state index >= 15 is 0 Å². The second-order valence-electron chi connectivity index (χ2n) is 5.35. The molecular weight excluding hydrogens is 390 g/mol. The summed E-state index contributed by atoms with van der Waals surface area (Å²) in [6, 6.07) is 15.7. The predicted octanol–water partition coefficient (Wildman–Crippen LogP) is 3.76. The van der Waals surface area contributed by atoms with E-state index < -0.39 is 10.0 Å². The average molecular weight is 408 g/mol. The summed E-state index contributed by atoms with van der Waals surface area (Å²) < 4.78 is 32.8. The quantitative estimate of drug-likeness (QED) is 0.538. The molecule has 0 aliphatic heterocycles. The van der Waals surface area contributed by atoms with E-state index in [1.165, 1.54) is 31.4 Å². The number of benzene rings is 2. The summed E-state index contributed by atoms with van der Waals surface area (Å²) in [6.45, 7) is 0. The number of nitrogens with one attached hydrogen (secondary N) is 2. The summed E-state index contributed by atoms with van der Waals surface area (Å²) in [5.41, 5.74) is 0.961. The topological polar surface area (TPSA) is 101 Å². The molecule has 7 nitrogen and oxygen atoms in total. The van der Waals surface area contributed by atoms with Crippen LogP contribution in [-0.2, 0) is 10.0 Å². The Kier molecular flexibility index (Phi) is 6.49. The molecule has 3 aromatic rings. The summed E-state index contributed by atoms with van der Waals surface area (Å²) in [6.07, 6.45) is 1.55. The number of phenolic OH excluding ortho intramolecular Hbond substituents is 1. The fourth-order valence-corrected chi connectivity index (χ4v) is 3.29. The Bertz CT molecular complexity index is 994. The third-order valence-electron chi connectivity index (χ3n) is 3.55. The number of pyridine rings is 1. The van der Waals surface area contributed by atoms with Crippen molar-refractivity contribution in [2.24, 2.45) is 0 Å². The lowest BCUT2D eigenvalue weighted by atomic mass is 10.3. The number of phenols is 1. The molecule has 0 radical (unpaired) electrons.